The van der Waals surface area contributed by atoms with Crippen LogP contribution < -0.4 is 10.6 Å². The van der Waals surface area contributed by atoms with Crippen LogP contribution in [0, 0.1) is 5.92 Å². The lowest BCUT2D eigenvalue weighted by Crippen LogP contribution is -2.28. The molecule has 2 aliphatic rings. The Morgan fingerprint density at radius 1 is 1.15 bits per heavy atom. The molecule has 0 radical (unpaired) electrons. The summed E-state index contributed by atoms with van der Waals surface area (Å²) in [4.78, 5) is 0. The average molecular weight is 272 g/mol. The molecule has 1 saturated carbocycles. The standard InChI is InChI=1S/C18H28N2/c1-14-4-2-6-17(9-7-14)20-13-15-8-10-18-16(12-15)5-3-11-19-18/h8,10,12,14,17,19-20H,2-7,9,11,13H2,1H3. The summed E-state index contributed by atoms with van der Waals surface area (Å²) in [7, 11) is 0. The first-order valence-electron chi connectivity index (χ1n) is 8.40. The fraction of sp³-hybridized carbons (Fsp3) is 0.667. The predicted molar refractivity (Wildman–Crippen MR) is 86.1 cm³/mol. The molecule has 0 bridgehead atoms. The number of benzene rings is 1. The molecule has 0 spiro atoms. The van der Waals surface area contributed by atoms with Gasteiger partial charge in [-0.2, -0.15) is 0 Å². The van der Waals surface area contributed by atoms with E-state index in [0.717, 1.165) is 25.0 Å². The molecule has 0 amide bonds. The van der Waals surface area contributed by atoms with E-state index in [-0.39, 0.29) is 0 Å². The zero-order valence-corrected chi connectivity index (χ0v) is 12.8. The van der Waals surface area contributed by atoms with Crippen LogP contribution in [0.4, 0.5) is 5.69 Å². The van der Waals surface area contributed by atoms with Crippen molar-refractivity contribution in [1.29, 1.82) is 0 Å². The first-order valence-corrected chi connectivity index (χ1v) is 8.40. The average Bonchev–Trinajstić information content (AvgIpc) is 2.69. The highest BCUT2D eigenvalue weighted by molar-refractivity contribution is 5.54. The Balaban J connectivity index is 1.55. The summed E-state index contributed by atoms with van der Waals surface area (Å²) in [5.74, 6) is 0.927. The van der Waals surface area contributed by atoms with Gasteiger partial charge in [0.15, 0.2) is 0 Å². The zero-order valence-electron chi connectivity index (χ0n) is 12.8. The number of nitrogens with one attached hydrogen (secondary N) is 2. The Labute approximate surface area is 123 Å². The Bertz CT molecular complexity index is 441. The van der Waals surface area contributed by atoms with Crippen LogP contribution in [0.5, 0.6) is 0 Å². The van der Waals surface area contributed by atoms with E-state index in [1.807, 2.05) is 0 Å². The Morgan fingerprint density at radius 2 is 2.10 bits per heavy atom. The molecule has 20 heavy (non-hydrogen) atoms. The number of fused-ring (bicyclic) bond motifs is 1. The molecule has 1 aromatic rings. The highest BCUT2D eigenvalue weighted by Crippen LogP contribution is 2.24. The second kappa shape index (κ2) is 6.62. The Hall–Kier alpha value is -1.02. The van der Waals surface area contributed by atoms with E-state index in [1.54, 1.807) is 0 Å². The van der Waals surface area contributed by atoms with Gasteiger partial charge in [0.1, 0.15) is 0 Å². The van der Waals surface area contributed by atoms with Crippen LogP contribution >= 0.6 is 0 Å². The van der Waals surface area contributed by atoms with E-state index in [4.69, 9.17) is 0 Å². The number of aryl methyl sites for hydroxylation is 1. The summed E-state index contributed by atoms with van der Waals surface area (Å²) < 4.78 is 0. The highest BCUT2D eigenvalue weighted by Gasteiger charge is 2.16. The van der Waals surface area contributed by atoms with Gasteiger partial charge in [-0.1, -0.05) is 31.9 Å². The van der Waals surface area contributed by atoms with Gasteiger partial charge in [0.05, 0.1) is 0 Å². The highest BCUT2D eigenvalue weighted by atomic mass is 14.9. The van der Waals surface area contributed by atoms with Crippen LogP contribution in [0.1, 0.15) is 56.6 Å². The van der Waals surface area contributed by atoms with Crippen LogP contribution in [0.3, 0.4) is 0 Å². The van der Waals surface area contributed by atoms with Gasteiger partial charge in [-0.25, -0.2) is 0 Å². The van der Waals surface area contributed by atoms with Gasteiger partial charge in [0.25, 0.3) is 0 Å². The van der Waals surface area contributed by atoms with Gasteiger partial charge in [0.2, 0.25) is 0 Å². The number of hydrogen-bond donors (Lipinski definition) is 2. The first kappa shape index (κ1) is 13.9. The third kappa shape index (κ3) is 3.54. The van der Waals surface area contributed by atoms with Crippen LogP contribution in [-0.4, -0.2) is 12.6 Å². The summed E-state index contributed by atoms with van der Waals surface area (Å²) in [6.45, 7) is 4.57. The van der Waals surface area contributed by atoms with E-state index in [9.17, 15) is 0 Å². The van der Waals surface area contributed by atoms with Gasteiger partial charge in [-0.15, -0.1) is 0 Å². The molecule has 1 aliphatic carbocycles. The van der Waals surface area contributed by atoms with E-state index in [1.165, 1.54) is 61.8 Å². The fourth-order valence-corrected chi connectivity index (χ4v) is 3.59. The van der Waals surface area contributed by atoms with E-state index in [0.29, 0.717) is 0 Å². The van der Waals surface area contributed by atoms with Gasteiger partial charge >= 0.3 is 0 Å². The van der Waals surface area contributed by atoms with Crippen LogP contribution in [0.2, 0.25) is 0 Å². The molecule has 2 nitrogen and oxygen atoms in total. The maximum Gasteiger partial charge on any atom is 0.0372 e. The molecule has 1 heterocycles. The second-order valence-electron chi connectivity index (χ2n) is 6.71. The quantitative estimate of drug-likeness (QED) is 0.809. The monoisotopic (exact) mass is 272 g/mol. The van der Waals surface area contributed by atoms with Gasteiger partial charge in [-0.3, -0.25) is 0 Å². The molecule has 2 heteroatoms. The molecule has 2 atom stereocenters. The minimum absolute atomic E-state index is 0.731. The maximum absolute atomic E-state index is 3.78. The summed E-state index contributed by atoms with van der Waals surface area (Å²) in [6, 6.07) is 7.67. The van der Waals surface area contributed by atoms with E-state index < -0.39 is 0 Å². The molecule has 1 fully saturated rings. The largest absolute Gasteiger partial charge is 0.385 e. The molecule has 2 N–H and O–H groups in total. The fourth-order valence-electron chi connectivity index (χ4n) is 3.59. The van der Waals surface area contributed by atoms with Crippen molar-refractivity contribution in [3.63, 3.8) is 0 Å². The minimum Gasteiger partial charge on any atom is -0.385 e. The SMILES string of the molecule is CC1CCCC(NCc2ccc3c(c2)CCCN3)CC1. The smallest absolute Gasteiger partial charge is 0.0372 e. The summed E-state index contributed by atoms with van der Waals surface area (Å²) in [5, 5.41) is 7.27. The van der Waals surface area contributed by atoms with Crippen LogP contribution in [-0.2, 0) is 13.0 Å². The predicted octanol–water partition coefficient (Wildman–Crippen LogP) is 4.10. The van der Waals surface area contributed by atoms with Crippen molar-refractivity contribution >= 4 is 5.69 Å². The van der Waals surface area contributed by atoms with E-state index >= 15 is 0 Å². The molecular weight excluding hydrogens is 244 g/mol. The zero-order chi connectivity index (χ0) is 13.8. The van der Waals surface area contributed by atoms with Gasteiger partial charge in [-0.05, 0) is 55.2 Å². The number of hydrogen-bond acceptors (Lipinski definition) is 2. The lowest BCUT2D eigenvalue weighted by atomic mass is 10.0. The minimum atomic E-state index is 0.731. The third-order valence-corrected chi connectivity index (χ3v) is 4.96. The molecule has 2 unspecified atom stereocenters. The third-order valence-electron chi connectivity index (χ3n) is 4.96. The Kier molecular flexibility index (Phi) is 4.62. The lowest BCUT2D eigenvalue weighted by molar-refractivity contribution is 0.447. The normalized spacial score (nSPS) is 26.4. The molecule has 3 rings (SSSR count). The van der Waals surface area contributed by atoms with Crippen molar-refractivity contribution in [3.05, 3.63) is 29.3 Å². The molecule has 110 valence electrons. The van der Waals surface area contributed by atoms with Crippen LogP contribution in [0.25, 0.3) is 0 Å². The summed E-state index contributed by atoms with van der Waals surface area (Å²) in [6.07, 6.45) is 9.42. The molecule has 1 aliphatic heterocycles. The number of rotatable bonds is 3. The van der Waals surface area contributed by atoms with Crippen LogP contribution in [0.15, 0.2) is 18.2 Å². The van der Waals surface area contributed by atoms with Crippen molar-refractivity contribution < 1.29 is 0 Å². The molecule has 0 aromatic heterocycles. The molecular formula is C18H28N2. The van der Waals surface area contributed by atoms with Crippen molar-refractivity contribution in [3.8, 4) is 0 Å². The lowest BCUT2D eigenvalue weighted by Gasteiger charge is -2.20. The molecule has 0 saturated heterocycles. The maximum atomic E-state index is 3.78. The van der Waals surface area contributed by atoms with E-state index in [2.05, 4.69) is 35.8 Å². The first-order chi connectivity index (χ1) is 9.81. The van der Waals surface area contributed by atoms with Gasteiger partial charge < -0.3 is 10.6 Å². The topological polar surface area (TPSA) is 24.1 Å². The number of anilines is 1. The van der Waals surface area contributed by atoms with Gasteiger partial charge in [0, 0.05) is 24.8 Å². The van der Waals surface area contributed by atoms with Crippen molar-refractivity contribution in [2.24, 2.45) is 5.92 Å². The van der Waals surface area contributed by atoms with Crippen molar-refractivity contribution in [1.82, 2.24) is 5.32 Å². The Morgan fingerprint density at radius 3 is 3.05 bits per heavy atom. The van der Waals surface area contributed by atoms with Crippen molar-refractivity contribution in [2.45, 2.75) is 64.5 Å². The molecule has 1 aromatic carbocycles. The van der Waals surface area contributed by atoms with Crippen molar-refractivity contribution in [2.75, 3.05) is 11.9 Å². The summed E-state index contributed by atoms with van der Waals surface area (Å²) >= 11 is 0. The summed E-state index contributed by atoms with van der Waals surface area (Å²) in [5.41, 5.74) is 4.30. The second-order valence-corrected chi connectivity index (χ2v) is 6.71.